The number of rotatable bonds is 4. The maximum atomic E-state index is 12.2. The van der Waals surface area contributed by atoms with Crippen molar-refractivity contribution in [2.75, 3.05) is 32.7 Å². The van der Waals surface area contributed by atoms with E-state index in [1.54, 1.807) is 11.3 Å². The Bertz CT molecular complexity index is 420. The molecule has 3 rings (SSSR count). The zero-order valence-corrected chi connectivity index (χ0v) is 12.7. The molecule has 2 saturated heterocycles. The fourth-order valence-electron chi connectivity index (χ4n) is 3.07. The van der Waals surface area contributed by atoms with Crippen LogP contribution >= 0.6 is 11.3 Å². The van der Waals surface area contributed by atoms with Gasteiger partial charge in [-0.3, -0.25) is 9.69 Å². The quantitative estimate of drug-likeness (QED) is 0.914. The van der Waals surface area contributed by atoms with Crippen LogP contribution < -0.4 is 5.32 Å². The van der Waals surface area contributed by atoms with E-state index in [1.165, 1.54) is 12.0 Å². The number of hydrogen-bond donors (Lipinski definition) is 1. The van der Waals surface area contributed by atoms with Crippen molar-refractivity contribution >= 4 is 17.2 Å². The molecule has 0 spiro atoms. The molecule has 2 aliphatic rings. The molecule has 0 aliphatic carbocycles. The van der Waals surface area contributed by atoms with Crippen molar-refractivity contribution in [2.24, 2.45) is 0 Å². The summed E-state index contributed by atoms with van der Waals surface area (Å²) in [5.41, 5.74) is 1.39. The lowest BCUT2D eigenvalue weighted by Crippen LogP contribution is -2.49. The molecule has 3 heterocycles. The Morgan fingerprint density at radius 1 is 1.35 bits per heavy atom. The summed E-state index contributed by atoms with van der Waals surface area (Å²) in [6.45, 7) is 5.87. The van der Waals surface area contributed by atoms with E-state index < -0.39 is 0 Å². The van der Waals surface area contributed by atoms with Gasteiger partial charge in [0.2, 0.25) is 5.91 Å². The van der Waals surface area contributed by atoms with Gasteiger partial charge in [0.05, 0.1) is 0 Å². The molecule has 1 aromatic heterocycles. The zero-order chi connectivity index (χ0) is 13.8. The Hall–Kier alpha value is -0.910. The average Bonchev–Trinajstić information content (AvgIpc) is 3.13. The van der Waals surface area contributed by atoms with E-state index >= 15 is 0 Å². The van der Waals surface area contributed by atoms with Crippen molar-refractivity contribution in [3.63, 3.8) is 0 Å². The van der Waals surface area contributed by atoms with Crippen LogP contribution in [0.2, 0.25) is 0 Å². The van der Waals surface area contributed by atoms with E-state index in [4.69, 9.17) is 0 Å². The molecular weight excluding hydrogens is 270 g/mol. The highest BCUT2D eigenvalue weighted by Gasteiger charge is 2.24. The Balaban J connectivity index is 1.42. The van der Waals surface area contributed by atoms with E-state index in [1.807, 2.05) is 4.90 Å². The summed E-state index contributed by atoms with van der Waals surface area (Å²) in [5.74, 6) is 0.333. The summed E-state index contributed by atoms with van der Waals surface area (Å²) in [6, 6.07) is 2.61. The first-order chi connectivity index (χ1) is 9.81. The Kier molecular flexibility index (Phi) is 4.70. The fraction of sp³-hybridized carbons (Fsp3) is 0.667. The zero-order valence-electron chi connectivity index (χ0n) is 11.9. The smallest absolute Gasteiger partial charge is 0.224 e. The second-order valence-electron chi connectivity index (χ2n) is 5.79. The van der Waals surface area contributed by atoms with Crippen LogP contribution in [0.4, 0.5) is 0 Å². The maximum absolute atomic E-state index is 12.2. The number of thiophene rings is 1. The van der Waals surface area contributed by atoms with Crippen LogP contribution in [0.5, 0.6) is 0 Å². The van der Waals surface area contributed by atoms with E-state index in [2.05, 4.69) is 27.0 Å². The average molecular weight is 293 g/mol. The van der Waals surface area contributed by atoms with Gasteiger partial charge in [0.1, 0.15) is 0 Å². The number of carbonyl (C=O) groups excluding carboxylic acids is 1. The number of carbonyl (C=O) groups is 1. The second kappa shape index (κ2) is 6.70. The normalized spacial score (nSPS) is 24.2. The predicted molar refractivity (Wildman–Crippen MR) is 81.8 cm³/mol. The lowest BCUT2D eigenvalue weighted by molar-refractivity contribution is -0.133. The molecule has 2 fully saturated rings. The van der Waals surface area contributed by atoms with Gasteiger partial charge in [-0.1, -0.05) is 0 Å². The van der Waals surface area contributed by atoms with Crippen LogP contribution in [0.1, 0.15) is 24.8 Å². The molecule has 4 nitrogen and oxygen atoms in total. The lowest BCUT2D eigenvalue weighted by atomic mass is 10.1. The largest absolute Gasteiger partial charge is 0.340 e. The van der Waals surface area contributed by atoms with Gasteiger partial charge in [-0.05, 0) is 41.8 Å². The van der Waals surface area contributed by atoms with Gasteiger partial charge in [0.25, 0.3) is 0 Å². The van der Waals surface area contributed by atoms with Crippen molar-refractivity contribution in [1.82, 2.24) is 15.1 Å². The maximum Gasteiger partial charge on any atom is 0.224 e. The van der Waals surface area contributed by atoms with Crippen LogP contribution in [-0.2, 0) is 11.3 Å². The highest BCUT2D eigenvalue weighted by atomic mass is 32.1. The third kappa shape index (κ3) is 3.59. The summed E-state index contributed by atoms with van der Waals surface area (Å²) < 4.78 is 0. The molecule has 0 aromatic carbocycles. The molecule has 0 radical (unpaired) electrons. The van der Waals surface area contributed by atoms with Crippen molar-refractivity contribution in [1.29, 1.82) is 0 Å². The van der Waals surface area contributed by atoms with E-state index in [9.17, 15) is 4.79 Å². The minimum atomic E-state index is 0.333. The highest BCUT2D eigenvalue weighted by Crippen LogP contribution is 2.14. The molecule has 5 heteroatoms. The van der Waals surface area contributed by atoms with Gasteiger partial charge in [-0.2, -0.15) is 11.3 Å². The topological polar surface area (TPSA) is 35.6 Å². The van der Waals surface area contributed by atoms with Crippen LogP contribution in [0.15, 0.2) is 16.8 Å². The number of nitrogens with zero attached hydrogens (tertiary/aromatic N) is 2. The molecule has 1 atom stereocenters. The summed E-state index contributed by atoms with van der Waals surface area (Å²) in [7, 11) is 0. The minimum absolute atomic E-state index is 0.333. The molecule has 0 saturated carbocycles. The minimum Gasteiger partial charge on any atom is -0.340 e. The van der Waals surface area contributed by atoms with E-state index in [0.29, 0.717) is 18.4 Å². The summed E-state index contributed by atoms with van der Waals surface area (Å²) >= 11 is 1.75. The summed E-state index contributed by atoms with van der Waals surface area (Å²) in [5, 5.41) is 7.75. The van der Waals surface area contributed by atoms with Crippen molar-refractivity contribution in [2.45, 2.75) is 31.8 Å². The first kappa shape index (κ1) is 14.0. The van der Waals surface area contributed by atoms with E-state index in [-0.39, 0.29) is 0 Å². The monoisotopic (exact) mass is 293 g/mol. The van der Waals surface area contributed by atoms with Crippen molar-refractivity contribution < 1.29 is 4.79 Å². The third-order valence-electron chi connectivity index (χ3n) is 4.29. The van der Waals surface area contributed by atoms with Gasteiger partial charge < -0.3 is 10.2 Å². The molecular formula is C15H23N3OS. The molecule has 1 unspecified atom stereocenters. The second-order valence-corrected chi connectivity index (χ2v) is 6.57. The van der Waals surface area contributed by atoms with Gasteiger partial charge >= 0.3 is 0 Å². The molecule has 20 heavy (non-hydrogen) atoms. The Morgan fingerprint density at radius 3 is 2.85 bits per heavy atom. The number of nitrogens with one attached hydrogen (secondary N) is 1. The highest BCUT2D eigenvalue weighted by molar-refractivity contribution is 7.07. The first-order valence-electron chi connectivity index (χ1n) is 7.56. The summed E-state index contributed by atoms with van der Waals surface area (Å²) in [4.78, 5) is 16.7. The van der Waals surface area contributed by atoms with Crippen LogP contribution in [-0.4, -0.2) is 54.5 Å². The van der Waals surface area contributed by atoms with Crippen molar-refractivity contribution in [3.8, 4) is 0 Å². The number of piperazine rings is 1. The molecule has 110 valence electrons. The van der Waals surface area contributed by atoms with Crippen LogP contribution in [0.25, 0.3) is 0 Å². The number of hydrogen-bond acceptors (Lipinski definition) is 4. The summed E-state index contributed by atoms with van der Waals surface area (Å²) in [6.07, 6.45) is 3.06. The molecule has 1 amide bonds. The SMILES string of the molecule is O=C(CC1CCCN1)N1CCN(Cc2ccsc2)CC1. The van der Waals surface area contributed by atoms with E-state index in [0.717, 1.165) is 45.7 Å². The Morgan fingerprint density at radius 2 is 2.20 bits per heavy atom. The molecule has 1 aromatic rings. The van der Waals surface area contributed by atoms with Gasteiger partial charge in [0.15, 0.2) is 0 Å². The van der Waals surface area contributed by atoms with Gasteiger partial charge in [-0.15, -0.1) is 0 Å². The van der Waals surface area contributed by atoms with Gasteiger partial charge in [-0.25, -0.2) is 0 Å². The number of amides is 1. The van der Waals surface area contributed by atoms with Gasteiger partial charge in [0, 0.05) is 45.2 Å². The third-order valence-corrected chi connectivity index (χ3v) is 5.03. The molecule has 0 bridgehead atoms. The van der Waals surface area contributed by atoms with Crippen LogP contribution in [0.3, 0.4) is 0 Å². The first-order valence-corrected chi connectivity index (χ1v) is 8.50. The fourth-order valence-corrected chi connectivity index (χ4v) is 3.73. The molecule has 2 aliphatic heterocycles. The lowest BCUT2D eigenvalue weighted by Gasteiger charge is -2.35. The van der Waals surface area contributed by atoms with Crippen LogP contribution in [0, 0.1) is 0 Å². The van der Waals surface area contributed by atoms with Crippen molar-refractivity contribution in [3.05, 3.63) is 22.4 Å². The predicted octanol–water partition coefficient (Wildman–Crippen LogP) is 1.53. The molecule has 1 N–H and O–H groups in total. The standard InChI is InChI=1S/C15H23N3OS/c19-15(10-14-2-1-4-16-14)18-7-5-17(6-8-18)11-13-3-9-20-12-13/h3,9,12,14,16H,1-2,4-8,10-11H2. The Labute approximate surface area is 124 Å².